The lowest BCUT2D eigenvalue weighted by Gasteiger charge is -2.23. The number of halogens is 4. The molecular formula is C19H13ClF3N3O4S. The lowest BCUT2D eigenvalue weighted by molar-refractivity contribution is -0.137. The number of ether oxygens (including phenoxy) is 2. The first kappa shape index (κ1) is 21.3. The summed E-state index contributed by atoms with van der Waals surface area (Å²) in [6.07, 6.45) is -5.15. The summed E-state index contributed by atoms with van der Waals surface area (Å²) < 4.78 is 55.4. The second-order valence-corrected chi connectivity index (χ2v) is 7.63. The highest BCUT2D eigenvalue weighted by Crippen LogP contribution is 2.36. The van der Waals surface area contributed by atoms with Crippen molar-refractivity contribution < 1.29 is 31.9 Å². The lowest BCUT2D eigenvalue weighted by Crippen LogP contribution is -2.21. The van der Waals surface area contributed by atoms with Crippen LogP contribution in [0.5, 0.6) is 11.5 Å². The molecular weight excluding hydrogens is 459 g/mol. The molecule has 0 fully saturated rings. The number of hydrogen-bond donors (Lipinski definition) is 1. The number of thioether (sulfide) groups is 1. The maximum Gasteiger partial charge on any atom is 0.416 e. The van der Waals surface area contributed by atoms with Crippen molar-refractivity contribution >= 4 is 35.0 Å². The fourth-order valence-corrected chi connectivity index (χ4v) is 3.40. The monoisotopic (exact) mass is 471 g/mol. The highest BCUT2D eigenvalue weighted by Gasteiger charge is 2.31. The predicted octanol–water partition coefficient (Wildman–Crippen LogP) is 4.99. The zero-order valence-electron chi connectivity index (χ0n) is 15.5. The quantitative estimate of drug-likeness (QED) is 0.525. The van der Waals surface area contributed by atoms with E-state index in [0.717, 1.165) is 30.0 Å². The molecule has 2 heterocycles. The van der Waals surface area contributed by atoms with Crippen molar-refractivity contribution in [2.24, 2.45) is 0 Å². The molecule has 162 valence electrons. The third kappa shape index (κ3) is 5.05. The fraction of sp³-hybridized carbons (Fsp3) is 0.211. The molecule has 0 aliphatic carbocycles. The molecule has 31 heavy (non-hydrogen) atoms. The first-order valence-corrected chi connectivity index (χ1v) is 10.2. The number of nitrogens with zero attached hydrogens (tertiary/aromatic N) is 2. The summed E-state index contributed by atoms with van der Waals surface area (Å²) in [7, 11) is 0. The molecule has 7 nitrogen and oxygen atoms in total. The molecule has 0 saturated heterocycles. The van der Waals surface area contributed by atoms with E-state index in [9.17, 15) is 18.0 Å². The van der Waals surface area contributed by atoms with Crippen LogP contribution < -0.4 is 14.8 Å². The van der Waals surface area contributed by atoms with E-state index in [1.165, 1.54) is 0 Å². The van der Waals surface area contributed by atoms with E-state index in [0.29, 0.717) is 11.5 Å². The smallest absolute Gasteiger partial charge is 0.416 e. The van der Waals surface area contributed by atoms with Gasteiger partial charge in [0.2, 0.25) is 12.0 Å². The van der Waals surface area contributed by atoms with Crippen molar-refractivity contribution in [1.82, 2.24) is 10.2 Å². The first-order valence-electron chi connectivity index (χ1n) is 8.81. The maximum atomic E-state index is 12.8. The number of aromatic nitrogens is 2. The summed E-state index contributed by atoms with van der Waals surface area (Å²) in [4.78, 5) is 12.1. The van der Waals surface area contributed by atoms with Crippen LogP contribution in [0, 0.1) is 0 Å². The van der Waals surface area contributed by atoms with Crippen LogP contribution >= 0.6 is 23.4 Å². The van der Waals surface area contributed by atoms with Gasteiger partial charge < -0.3 is 19.2 Å². The molecule has 0 spiro atoms. The van der Waals surface area contributed by atoms with Crippen LogP contribution in [0.3, 0.4) is 0 Å². The number of fused-ring (bicyclic) bond motifs is 1. The summed E-state index contributed by atoms with van der Waals surface area (Å²) in [6.45, 7) is 0.178. The van der Waals surface area contributed by atoms with Crippen LogP contribution in [0.4, 0.5) is 18.9 Å². The van der Waals surface area contributed by atoms with Gasteiger partial charge in [0.05, 0.1) is 22.0 Å². The molecule has 1 amide bonds. The zero-order chi connectivity index (χ0) is 22.0. The molecule has 0 saturated carbocycles. The van der Waals surface area contributed by atoms with Crippen molar-refractivity contribution in [2.45, 2.75) is 17.5 Å². The molecule has 1 unspecified atom stereocenters. The second kappa shape index (κ2) is 8.67. The average Bonchev–Trinajstić information content (AvgIpc) is 3.22. The van der Waals surface area contributed by atoms with E-state index in [4.69, 9.17) is 25.5 Å². The Balaban J connectivity index is 1.35. The highest BCUT2D eigenvalue weighted by molar-refractivity contribution is 7.99. The molecule has 0 bridgehead atoms. The molecule has 12 heteroatoms. The number of para-hydroxylation sites is 2. The Bertz CT molecular complexity index is 1110. The van der Waals surface area contributed by atoms with Gasteiger partial charge >= 0.3 is 6.18 Å². The van der Waals surface area contributed by atoms with Crippen LogP contribution in [0.15, 0.2) is 52.1 Å². The Morgan fingerprint density at radius 1 is 1.19 bits per heavy atom. The van der Waals surface area contributed by atoms with Gasteiger partial charge in [-0.2, -0.15) is 13.2 Å². The van der Waals surface area contributed by atoms with Crippen LogP contribution in [0.25, 0.3) is 0 Å². The molecule has 2 aromatic carbocycles. The molecule has 4 rings (SSSR count). The number of alkyl halides is 3. The van der Waals surface area contributed by atoms with Gasteiger partial charge in [0, 0.05) is 0 Å². The van der Waals surface area contributed by atoms with Gasteiger partial charge in [-0.25, -0.2) is 0 Å². The number of carbonyl (C=O) groups excluding carboxylic acids is 1. The van der Waals surface area contributed by atoms with Crippen molar-refractivity contribution in [3.05, 3.63) is 58.9 Å². The first-order chi connectivity index (χ1) is 14.8. The molecule has 1 aromatic heterocycles. The van der Waals surface area contributed by atoms with Gasteiger partial charge in [0.1, 0.15) is 6.61 Å². The summed E-state index contributed by atoms with van der Waals surface area (Å²) in [5.41, 5.74) is -1.06. The normalized spacial score (nSPS) is 15.5. The minimum absolute atomic E-state index is 0.0128. The number of nitrogens with one attached hydrogen (secondary N) is 1. The van der Waals surface area contributed by atoms with Crippen LogP contribution in [-0.4, -0.2) is 28.5 Å². The summed E-state index contributed by atoms with van der Waals surface area (Å²) >= 11 is 6.80. The van der Waals surface area contributed by atoms with E-state index in [2.05, 4.69) is 15.5 Å². The predicted molar refractivity (Wildman–Crippen MR) is 105 cm³/mol. The lowest BCUT2D eigenvalue weighted by atomic mass is 10.2. The minimum atomic E-state index is -4.55. The van der Waals surface area contributed by atoms with Gasteiger partial charge in [-0.3, -0.25) is 4.79 Å². The number of anilines is 1. The Morgan fingerprint density at radius 2 is 1.97 bits per heavy atom. The van der Waals surface area contributed by atoms with Crippen molar-refractivity contribution in [2.75, 3.05) is 17.7 Å². The van der Waals surface area contributed by atoms with E-state index in [1.54, 1.807) is 18.2 Å². The van der Waals surface area contributed by atoms with Gasteiger partial charge in [-0.05, 0) is 30.3 Å². The van der Waals surface area contributed by atoms with Crippen molar-refractivity contribution in [3.63, 3.8) is 0 Å². The number of carbonyl (C=O) groups is 1. The summed E-state index contributed by atoms with van der Waals surface area (Å²) in [6, 6.07) is 9.82. The standard InChI is InChI=1S/C19H13ClF3N3O4S/c20-11-6-5-10(19(21,22)23)7-12(11)24-16(27)9-31-18-26-25-17(30-18)15-8-28-13-3-1-2-4-14(13)29-15/h1-7,15H,8-9H2,(H,24,27). The summed E-state index contributed by atoms with van der Waals surface area (Å²) in [5, 5.41) is 10.2. The third-order valence-corrected chi connectivity index (χ3v) is 5.25. The molecule has 3 aromatic rings. The van der Waals surface area contributed by atoms with Gasteiger partial charge in [-0.15, -0.1) is 10.2 Å². The molecule has 1 aliphatic rings. The van der Waals surface area contributed by atoms with Gasteiger partial charge in [0.25, 0.3) is 11.1 Å². The van der Waals surface area contributed by atoms with Gasteiger partial charge in [0.15, 0.2) is 11.5 Å². The second-order valence-electron chi connectivity index (χ2n) is 6.30. The SMILES string of the molecule is O=C(CSc1nnc(C2COc3ccccc3O2)o1)Nc1cc(C(F)(F)F)ccc1Cl. The third-order valence-electron chi connectivity index (χ3n) is 4.10. The van der Waals surface area contributed by atoms with Crippen LogP contribution in [-0.2, 0) is 11.0 Å². The molecule has 1 N–H and O–H groups in total. The Morgan fingerprint density at radius 3 is 2.74 bits per heavy atom. The van der Waals surface area contributed by atoms with Gasteiger partial charge in [-0.1, -0.05) is 35.5 Å². The number of rotatable bonds is 5. The van der Waals surface area contributed by atoms with Crippen LogP contribution in [0.2, 0.25) is 5.02 Å². The molecule has 1 atom stereocenters. The minimum Gasteiger partial charge on any atom is -0.485 e. The van der Waals surface area contributed by atoms with E-state index in [-0.39, 0.29) is 34.2 Å². The largest absolute Gasteiger partial charge is 0.485 e. The van der Waals surface area contributed by atoms with E-state index in [1.807, 2.05) is 6.07 Å². The Labute approximate surface area is 182 Å². The fourth-order valence-electron chi connectivity index (χ4n) is 2.66. The average molecular weight is 472 g/mol. The number of benzene rings is 2. The molecule has 1 aliphatic heterocycles. The summed E-state index contributed by atoms with van der Waals surface area (Å²) in [5.74, 6) is 0.566. The van der Waals surface area contributed by atoms with E-state index < -0.39 is 23.8 Å². The number of hydrogen-bond acceptors (Lipinski definition) is 7. The topological polar surface area (TPSA) is 86.5 Å². The van der Waals surface area contributed by atoms with E-state index >= 15 is 0 Å². The molecule has 0 radical (unpaired) electrons. The number of amides is 1. The Kier molecular flexibility index (Phi) is 5.96. The Hall–Kier alpha value is -2.92. The zero-order valence-corrected chi connectivity index (χ0v) is 17.1. The van der Waals surface area contributed by atoms with Crippen molar-refractivity contribution in [1.29, 1.82) is 0 Å². The maximum absolute atomic E-state index is 12.8. The highest BCUT2D eigenvalue weighted by atomic mass is 35.5. The van der Waals surface area contributed by atoms with Crippen molar-refractivity contribution in [3.8, 4) is 11.5 Å². The van der Waals surface area contributed by atoms with Crippen LogP contribution in [0.1, 0.15) is 17.6 Å².